The molecular formula is C56H88N8O11. The van der Waals surface area contributed by atoms with Crippen LogP contribution in [-0.4, -0.2) is 127 Å². The molecule has 1 aromatic rings. The largest absolute Gasteiger partial charge is 0.445 e. The van der Waals surface area contributed by atoms with E-state index in [1.54, 1.807) is 52.2 Å². The van der Waals surface area contributed by atoms with Gasteiger partial charge in [-0.1, -0.05) is 115 Å². The summed E-state index contributed by atoms with van der Waals surface area (Å²) in [6.45, 7) is 8.14. The third kappa shape index (κ3) is 28.1. The lowest BCUT2D eigenvalue weighted by Gasteiger charge is -2.25. The van der Waals surface area contributed by atoms with Gasteiger partial charge in [-0.3, -0.25) is 33.7 Å². The van der Waals surface area contributed by atoms with E-state index in [-0.39, 0.29) is 87.6 Å². The van der Waals surface area contributed by atoms with Crippen molar-refractivity contribution in [1.29, 1.82) is 0 Å². The highest BCUT2D eigenvalue weighted by molar-refractivity contribution is 6.12. The van der Waals surface area contributed by atoms with E-state index in [0.29, 0.717) is 36.9 Å². The molecule has 19 nitrogen and oxygen atoms in total. The molecule has 0 aliphatic carbocycles. The summed E-state index contributed by atoms with van der Waals surface area (Å²) in [5.74, 6) is -2.73. The molecule has 1 aliphatic heterocycles. The first-order valence-corrected chi connectivity index (χ1v) is 27.1. The summed E-state index contributed by atoms with van der Waals surface area (Å²) >= 11 is 0. The van der Waals surface area contributed by atoms with Crippen LogP contribution in [0.2, 0.25) is 0 Å². The number of anilines is 1. The summed E-state index contributed by atoms with van der Waals surface area (Å²) in [5, 5.41) is 10.8. The van der Waals surface area contributed by atoms with Crippen LogP contribution >= 0.6 is 0 Å². The fourth-order valence-electron chi connectivity index (χ4n) is 8.07. The summed E-state index contributed by atoms with van der Waals surface area (Å²) < 4.78 is 10.9. The van der Waals surface area contributed by atoms with Crippen LogP contribution in [0.15, 0.2) is 60.7 Å². The average Bonchev–Trinajstić information content (AvgIpc) is 3.71. The first-order chi connectivity index (χ1) is 36.0. The molecule has 0 saturated carbocycles. The van der Waals surface area contributed by atoms with E-state index in [2.05, 4.69) is 59.4 Å². The minimum Gasteiger partial charge on any atom is -0.445 e. The summed E-state index contributed by atoms with van der Waals surface area (Å²) in [6.07, 6.45) is 25.2. The number of imide groups is 1. The Kier molecular flexibility index (Phi) is 32.8. The van der Waals surface area contributed by atoms with Crippen molar-refractivity contribution < 1.29 is 52.6 Å². The minimum atomic E-state index is -1.06. The lowest BCUT2D eigenvalue weighted by molar-refractivity contribution is -0.137. The van der Waals surface area contributed by atoms with Crippen molar-refractivity contribution in [2.75, 3.05) is 52.2 Å². The number of unbranched alkanes of at least 4 members (excludes halogenated alkanes) is 9. The SMILES string of the molecule is CCC=CCC=CCCCCCC(CCCCCCC)C(=O)COC(=O)N(C)CCN(C)C(=O)OCc1ccc(NC(=O)C(CCCNC(N)=O)NC(=O)C(NC(=O)CCCCCN2C(=O)C=CC2=O)C(C)C)cc1. The number of nitrogens with one attached hydrogen (secondary N) is 4. The van der Waals surface area contributed by atoms with Gasteiger partial charge in [-0.15, -0.1) is 0 Å². The van der Waals surface area contributed by atoms with Crippen molar-refractivity contribution in [3.8, 4) is 0 Å². The van der Waals surface area contributed by atoms with Crippen LogP contribution in [0.1, 0.15) is 155 Å². The first-order valence-electron chi connectivity index (χ1n) is 27.1. The van der Waals surface area contributed by atoms with Crippen molar-refractivity contribution in [1.82, 2.24) is 30.7 Å². The summed E-state index contributed by atoms with van der Waals surface area (Å²) in [6, 6.07) is 3.80. The number of ether oxygens (including phenoxy) is 2. The molecule has 2 rings (SSSR count). The summed E-state index contributed by atoms with van der Waals surface area (Å²) in [5.41, 5.74) is 6.22. The molecule has 418 valence electrons. The van der Waals surface area contributed by atoms with E-state index in [0.717, 1.165) is 81.9 Å². The standard InChI is InChI=1S/C56H88N8O11/c1-7-9-11-13-14-15-16-17-19-22-27-44(26-21-18-12-10-8-2)47(65)41-75-56(73)63(6)39-38-62(5)55(72)74-40-43-30-32-45(33-31-43)59-52(69)46(28-25-36-58-54(57)71)60-53(70)51(42(3)4)61-48(66)29-23-20-24-37-64-49(67)34-35-50(64)68/h9,11,14-15,30-35,42,44,46,51H,7-8,10,12-13,16-29,36-41H2,1-6H3,(H,59,69)(H,60,70)(H,61,66)(H3,57,58,71). The molecule has 9 amide bonds. The van der Waals surface area contributed by atoms with Gasteiger partial charge in [-0.05, 0) is 87.8 Å². The first kappa shape index (κ1) is 64.6. The molecule has 19 heteroatoms. The molecule has 0 radical (unpaired) electrons. The third-order valence-corrected chi connectivity index (χ3v) is 12.7. The number of carbonyl (C=O) groups is 9. The number of likely N-dealkylation sites (N-methyl/N-ethyl adjacent to an activating group) is 2. The van der Waals surface area contributed by atoms with Crippen LogP contribution in [0.25, 0.3) is 0 Å². The molecule has 3 atom stereocenters. The Labute approximate surface area is 445 Å². The molecule has 0 fully saturated rings. The number of Topliss-reactive ketones (excluding diaryl/α,β-unsaturated/α-hetero) is 1. The highest BCUT2D eigenvalue weighted by Gasteiger charge is 2.29. The van der Waals surface area contributed by atoms with Gasteiger partial charge in [-0.2, -0.15) is 0 Å². The number of rotatable bonds is 39. The monoisotopic (exact) mass is 1050 g/mol. The molecule has 6 N–H and O–H groups in total. The number of benzene rings is 1. The molecule has 1 aliphatic rings. The number of primary amides is 1. The van der Waals surface area contributed by atoms with Gasteiger partial charge >= 0.3 is 18.2 Å². The number of amides is 9. The zero-order valence-electron chi connectivity index (χ0n) is 45.7. The number of hydrogen-bond acceptors (Lipinski definition) is 11. The molecule has 0 spiro atoms. The van der Waals surface area contributed by atoms with E-state index < -0.39 is 42.1 Å². The van der Waals surface area contributed by atoms with E-state index in [4.69, 9.17) is 15.2 Å². The fourth-order valence-corrected chi connectivity index (χ4v) is 8.07. The predicted octanol–water partition coefficient (Wildman–Crippen LogP) is 8.23. The Morgan fingerprint density at radius 1 is 0.693 bits per heavy atom. The molecule has 0 saturated heterocycles. The maximum absolute atomic E-state index is 13.6. The van der Waals surface area contributed by atoms with Gasteiger partial charge in [0.25, 0.3) is 11.8 Å². The van der Waals surface area contributed by atoms with Crippen molar-refractivity contribution in [2.24, 2.45) is 17.6 Å². The van der Waals surface area contributed by atoms with Crippen molar-refractivity contribution in [3.05, 3.63) is 66.3 Å². The van der Waals surface area contributed by atoms with Gasteiger partial charge in [0.1, 0.15) is 18.7 Å². The maximum Gasteiger partial charge on any atom is 0.409 e. The zero-order valence-corrected chi connectivity index (χ0v) is 45.7. The van der Waals surface area contributed by atoms with Gasteiger partial charge in [0, 0.05) is 70.5 Å². The van der Waals surface area contributed by atoms with Crippen LogP contribution < -0.4 is 27.0 Å². The Morgan fingerprint density at radius 2 is 1.31 bits per heavy atom. The van der Waals surface area contributed by atoms with Crippen LogP contribution in [0.3, 0.4) is 0 Å². The van der Waals surface area contributed by atoms with Gasteiger partial charge in [0.05, 0.1) is 0 Å². The minimum absolute atomic E-state index is 0.0565. The van der Waals surface area contributed by atoms with Crippen molar-refractivity contribution in [2.45, 2.75) is 168 Å². The van der Waals surface area contributed by atoms with Gasteiger partial charge in [0.2, 0.25) is 17.7 Å². The summed E-state index contributed by atoms with van der Waals surface area (Å²) in [4.78, 5) is 118. The Balaban J connectivity index is 1.86. The van der Waals surface area contributed by atoms with E-state index in [1.165, 1.54) is 28.4 Å². The molecule has 75 heavy (non-hydrogen) atoms. The molecule has 1 heterocycles. The number of nitrogens with zero attached hydrogens (tertiary/aromatic N) is 3. The number of urea groups is 1. The topological polar surface area (TPSA) is 256 Å². The van der Waals surface area contributed by atoms with Crippen LogP contribution in [0.5, 0.6) is 0 Å². The number of hydrogen-bond donors (Lipinski definition) is 5. The number of ketones is 1. The van der Waals surface area contributed by atoms with Crippen molar-refractivity contribution in [3.63, 3.8) is 0 Å². The number of allylic oxidation sites excluding steroid dienone is 4. The smallest absolute Gasteiger partial charge is 0.409 e. The van der Waals surface area contributed by atoms with Crippen molar-refractivity contribution >= 4 is 59.2 Å². The van der Waals surface area contributed by atoms with Gasteiger partial charge in [0.15, 0.2) is 12.4 Å². The summed E-state index contributed by atoms with van der Waals surface area (Å²) in [7, 11) is 3.09. The van der Waals surface area contributed by atoms with E-state index in [1.807, 2.05) is 0 Å². The fraction of sp³-hybridized carbons (Fsp3) is 0.625. The lowest BCUT2D eigenvalue weighted by Crippen LogP contribution is -2.54. The second-order valence-electron chi connectivity index (χ2n) is 19.5. The van der Waals surface area contributed by atoms with Gasteiger partial charge in [-0.25, -0.2) is 14.4 Å². The number of carbonyl (C=O) groups excluding carboxylic acids is 9. The van der Waals surface area contributed by atoms with Crippen LogP contribution in [-0.2, 0) is 44.8 Å². The average molecular weight is 1050 g/mol. The highest BCUT2D eigenvalue weighted by Crippen LogP contribution is 2.21. The Hall–Kier alpha value is -6.53. The Bertz CT molecular complexity index is 2020. The second kappa shape index (κ2) is 38.1. The van der Waals surface area contributed by atoms with Crippen LogP contribution in [0.4, 0.5) is 20.1 Å². The lowest BCUT2D eigenvalue weighted by atomic mass is 9.91. The van der Waals surface area contributed by atoms with Crippen LogP contribution in [0, 0.1) is 11.8 Å². The quantitative estimate of drug-likeness (QED) is 0.0238. The molecule has 1 aromatic carbocycles. The van der Waals surface area contributed by atoms with Gasteiger partial charge < -0.3 is 46.3 Å². The maximum atomic E-state index is 13.6. The molecule has 0 bridgehead atoms. The second-order valence-corrected chi connectivity index (χ2v) is 19.5. The molecular weight excluding hydrogens is 961 g/mol. The number of nitrogens with two attached hydrogens (primary N) is 1. The van der Waals surface area contributed by atoms with E-state index >= 15 is 0 Å². The molecule has 3 unspecified atom stereocenters. The Morgan fingerprint density at radius 3 is 1.93 bits per heavy atom. The normalized spacial score (nSPS) is 13.5. The van der Waals surface area contributed by atoms with E-state index in [9.17, 15) is 43.2 Å². The third-order valence-electron chi connectivity index (χ3n) is 12.7. The predicted molar refractivity (Wildman–Crippen MR) is 290 cm³/mol. The zero-order chi connectivity index (χ0) is 55.4. The highest BCUT2D eigenvalue weighted by atomic mass is 16.6. The molecule has 0 aromatic heterocycles.